The van der Waals surface area contributed by atoms with Crippen molar-refractivity contribution in [1.82, 2.24) is 4.57 Å². The summed E-state index contributed by atoms with van der Waals surface area (Å²) in [6.45, 7) is 2.40. The molecule has 0 saturated heterocycles. The van der Waals surface area contributed by atoms with Gasteiger partial charge in [-0.1, -0.05) is 90.2 Å². The largest absolute Gasteiger partial charge is 0.493 e. The third-order valence-corrected chi connectivity index (χ3v) is 8.27. The summed E-state index contributed by atoms with van der Waals surface area (Å²) in [5, 5.41) is 2.98. The third-order valence-electron chi connectivity index (χ3n) is 7.29. The van der Waals surface area contributed by atoms with E-state index in [9.17, 15) is 9.59 Å². The van der Waals surface area contributed by atoms with Gasteiger partial charge in [0.05, 0.1) is 29.0 Å². The Morgan fingerprint density at radius 3 is 2.16 bits per heavy atom. The first kappa shape index (κ1) is 29.7. The molecule has 1 aliphatic rings. The minimum Gasteiger partial charge on any atom is -0.493 e. The molecule has 0 saturated carbocycles. The second kappa shape index (κ2) is 13.5. The van der Waals surface area contributed by atoms with E-state index in [0.29, 0.717) is 50.1 Å². The highest BCUT2D eigenvalue weighted by molar-refractivity contribution is 7.07. The van der Waals surface area contributed by atoms with Crippen molar-refractivity contribution in [3.8, 4) is 17.2 Å². The standard InChI is InChI=1S/C36H31N3O5S/c1-24-32(34(40)38-27-16-7-4-8-17-27)33(25-13-5-3-6-14-25)39-35(41)31(45-36(39)37-24)23-26-15-9-10-18-28(26)43-21-22-44-30-20-12-11-19-29(30)42-2/h3-20,23,33H,21-22H2,1-2H3,(H,38,40)/b31-23+/t33-/m0/s1. The summed E-state index contributed by atoms with van der Waals surface area (Å²) in [7, 11) is 1.60. The highest BCUT2D eigenvalue weighted by atomic mass is 32.1. The molecule has 1 amide bonds. The number of benzene rings is 4. The molecule has 0 spiro atoms. The second-order valence-corrected chi connectivity index (χ2v) is 11.2. The Morgan fingerprint density at radius 2 is 1.44 bits per heavy atom. The third kappa shape index (κ3) is 6.44. The van der Waals surface area contributed by atoms with Crippen LogP contribution in [0, 0.1) is 0 Å². The average molecular weight is 618 g/mol. The first-order valence-corrected chi connectivity index (χ1v) is 15.3. The number of allylic oxidation sites excluding steroid dienone is 1. The number of thiazole rings is 1. The number of fused-ring (bicyclic) bond motifs is 1. The number of amides is 1. The first-order chi connectivity index (χ1) is 22.0. The summed E-state index contributed by atoms with van der Waals surface area (Å²) < 4.78 is 19.4. The van der Waals surface area contributed by atoms with Crippen molar-refractivity contribution in [2.24, 2.45) is 4.99 Å². The van der Waals surface area contributed by atoms with Crippen molar-refractivity contribution in [2.45, 2.75) is 13.0 Å². The van der Waals surface area contributed by atoms with Crippen LogP contribution in [0.4, 0.5) is 5.69 Å². The van der Waals surface area contributed by atoms with Gasteiger partial charge in [0.15, 0.2) is 16.3 Å². The molecular formula is C36H31N3O5S. The zero-order valence-electron chi connectivity index (χ0n) is 24.8. The summed E-state index contributed by atoms with van der Waals surface area (Å²) in [5.41, 5.74) is 2.97. The number of hydrogen-bond acceptors (Lipinski definition) is 7. The number of hydrogen-bond donors (Lipinski definition) is 1. The molecular weight excluding hydrogens is 586 g/mol. The van der Waals surface area contributed by atoms with Crippen molar-refractivity contribution in [3.05, 3.63) is 151 Å². The molecule has 5 aromatic rings. The van der Waals surface area contributed by atoms with Crippen molar-refractivity contribution >= 4 is 29.0 Å². The number of anilines is 1. The van der Waals surface area contributed by atoms with Crippen molar-refractivity contribution in [1.29, 1.82) is 0 Å². The smallest absolute Gasteiger partial charge is 0.271 e. The average Bonchev–Trinajstić information content (AvgIpc) is 3.37. The molecule has 4 aromatic carbocycles. The number of para-hydroxylation sites is 4. The van der Waals surface area contributed by atoms with E-state index >= 15 is 0 Å². The maximum atomic E-state index is 14.1. The zero-order chi connectivity index (χ0) is 31.2. The fourth-order valence-electron chi connectivity index (χ4n) is 5.20. The Bertz CT molecular complexity index is 2030. The Kier molecular flexibility index (Phi) is 8.89. The molecule has 9 heteroatoms. The van der Waals surface area contributed by atoms with Crippen LogP contribution in [0.5, 0.6) is 17.2 Å². The van der Waals surface area contributed by atoms with Gasteiger partial charge in [0, 0.05) is 11.3 Å². The molecule has 1 aliphatic heterocycles. The first-order valence-electron chi connectivity index (χ1n) is 14.4. The lowest BCUT2D eigenvalue weighted by atomic mass is 9.95. The van der Waals surface area contributed by atoms with Gasteiger partial charge in [-0.2, -0.15) is 0 Å². The van der Waals surface area contributed by atoms with Gasteiger partial charge in [0.2, 0.25) is 0 Å². The van der Waals surface area contributed by atoms with Crippen LogP contribution in [-0.4, -0.2) is 30.8 Å². The Hall–Kier alpha value is -5.41. The van der Waals surface area contributed by atoms with Crippen molar-refractivity contribution < 1.29 is 19.0 Å². The van der Waals surface area contributed by atoms with Crippen LogP contribution >= 0.6 is 11.3 Å². The van der Waals surface area contributed by atoms with Crippen molar-refractivity contribution in [2.75, 3.05) is 25.6 Å². The van der Waals surface area contributed by atoms with Gasteiger partial charge in [-0.25, -0.2) is 4.99 Å². The summed E-state index contributed by atoms with van der Waals surface area (Å²) in [6.07, 6.45) is 1.81. The van der Waals surface area contributed by atoms with Crippen molar-refractivity contribution in [3.63, 3.8) is 0 Å². The number of rotatable bonds is 10. The minimum absolute atomic E-state index is 0.237. The number of aromatic nitrogens is 1. The molecule has 0 fully saturated rings. The molecule has 45 heavy (non-hydrogen) atoms. The van der Waals surface area contributed by atoms with Gasteiger partial charge in [-0.15, -0.1) is 0 Å². The number of ether oxygens (including phenoxy) is 3. The predicted octanol–water partition coefficient (Wildman–Crippen LogP) is 5.34. The Labute approximate surface area is 264 Å². The second-order valence-electron chi connectivity index (χ2n) is 10.2. The van der Waals surface area contributed by atoms with Gasteiger partial charge in [-0.3, -0.25) is 14.2 Å². The van der Waals surface area contributed by atoms with Crippen LogP contribution in [0.2, 0.25) is 0 Å². The molecule has 6 rings (SSSR count). The maximum absolute atomic E-state index is 14.1. The number of carbonyl (C=O) groups excluding carboxylic acids is 1. The summed E-state index contributed by atoms with van der Waals surface area (Å²) >= 11 is 1.28. The molecule has 1 atom stereocenters. The van der Waals surface area contributed by atoms with Crippen LogP contribution in [0.1, 0.15) is 24.1 Å². The van der Waals surface area contributed by atoms with E-state index in [1.165, 1.54) is 11.3 Å². The number of nitrogens with zero attached hydrogens (tertiary/aromatic N) is 2. The Morgan fingerprint density at radius 1 is 0.844 bits per heavy atom. The molecule has 0 bridgehead atoms. The van der Waals surface area contributed by atoms with Crippen LogP contribution in [0.25, 0.3) is 6.08 Å². The van der Waals surface area contributed by atoms with Gasteiger partial charge in [0.25, 0.3) is 11.5 Å². The lowest BCUT2D eigenvalue weighted by Crippen LogP contribution is -2.40. The van der Waals surface area contributed by atoms with E-state index in [1.807, 2.05) is 122 Å². The van der Waals surface area contributed by atoms with Gasteiger partial charge in [0.1, 0.15) is 19.0 Å². The minimum atomic E-state index is -0.646. The van der Waals surface area contributed by atoms with E-state index in [0.717, 1.165) is 11.1 Å². The summed E-state index contributed by atoms with van der Waals surface area (Å²) in [6, 6.07) is 33.1. The van der Waals surface area contributed by atoms with Gasteiger partial charge >= 0.3 is 0 Å². The molecule has 226 valence electrons. The number of methoxy groups -OCH3 is 1. The predicted molar refractivity (Wildman–Crippen MR) is 176 cm³/mol. The zero-order valence-corrected chi connectivity index (χ0v) is 25.6. The Balaban J connectivity index is 1.31. The lowest BCUT2D eigenvalue weighted by Gasteiger charge is -2.25. The van der Waals surface area contributed by atoms with Gasteiger partial charge < -0.3 is 19.5 Å². The van der Waals surface area contributed by atoms with Crippen LogP contribution in [-0.2, 0) is 4.79 Å². The molecule has 8 nitrogen and oxygen atoms in total. The van der Waals surface area contributed by atoms with E-state index < -0.39 is 6.04 Å². The van der Waals surface area contributed by atoms with Crippen LogP contribution in [0.15, 0.2) is 130 Å². The topological polar surface area (TPSA) is 91.2 Å². The SMILES string of the molecule is COc1ccccc1OCCOc1ccccc1/C=c1/sc2n(c1=O)[C@@H](c1ccccc1)C(C(=O)Nc1ccccc1)=C(C)N=2. The highest BCUT2D eigenvalue weighted by Crippen LogP contribution is 2.31. The monoisotopic (exact) mass is 617 g/mol. The molecule has 1 aromatic heterocycles. The van der Waals surface area contributed by atoms with E-state index in [1.54, 1.807) is 11.7 Å². The fraction of sp³-hybridized carbons (Fsp3) is 0.139. The van der Waals surface area contributed by atoms with E-state index in [2.05, 4.69) is 5.32 Å². The maximum Gasteiger partial charge on any atom is 0.271 e. The van der Waals surface area contributed by atoms with Gasteiger partial charge in [-0.05, 0) is 48.9 Å². The quantitative estimate of drug-likeness (QED) is 0.214. The molecule has 0 unspecified atom stereocenters. The summed E-state index contributed by atoms with van der Waals surface area (Å²) in [5.74, 6) is 1.60. The van der Waals surface area contributed by atoms with Crippen LogP contribution < -0.4 is 34.4 Å². The number of nitrogens with one attached hydrogen (secondary N) is 1. The molecule has 0 aliphatic carbocycles. The summed E-state index contributed by atoms with van der Waals surface area (Å²) in [4.78, 5) is 33.0. The molecule has 1 N–H and O–H groups in total. The van der Waals surface area contributed by atoms with E-state index in [-0.39, 0.29) is 18.1 Å². The normalized spacial score (nSPS) is 14.4. The fourth-order valence-corrected chi connectivity index (χ4v) is 6.23. The molecule has 2 heterocycles. The molecule has 0 radical (unpaired) electrons. The van der Waals surface area contributed by atoms with Crippen LogP contribution in [0.3, 0.4) is 0 Å². The van der Waals surface area contributed by atoms with E-state index in [4.69, 9.17) is 19.2 Å². The number of carbonyl (C=O) groups is 1. The lowest BCUT2D eigenvalue weighted by molar-refractivity contribution is -0.113. The highest BCUT2D eigenvalue weighted by Gasteiger charge is 2.32.